The summed E-state index contributed by atoms with van der Waals surface area (Å²) < 4.78 is 26.7. The van der Waals surface area contributed by atoms with Crippen molar-refractivity contribution in [1.29, 1.82) is 0 Å². The molecule has 104 valence electrons. The fraction of sp³-hybridized carbons (Fsp3) is 0.250. The molecule has 0 aliphatic carbocycles. The summed E-state index contributed by atoms with van der Waals surface area (Å²) in [5.41, 5.74) is 8.80. The first-order chi connectivity index (χ1) is 9.63. The lowest BCUT2D eigenvalue weighted by Gasteiger charge is -2.34. The fourth-order valence-electron chi connectivity index (χ4n) is 2.73. The Morgan fingerprint density at radius 2 is 1.95 bits per heavy atom. The molecule has 1 aliphatic heterocycles. The molecular weight excluding hydrogens is 258 g/mol. The molecule has 0 spiro atoms. The quantitative estimate of drug-likeness (QED) is 0.912. The molecule has 1 unspecified atom stereocenters. The number of fused-ring (bicyclic) bond motifs is 1. The molecule has 3 rings (SSSR count). The second kappa shape index (κ2) is 5.21. The van der Waals surface area contributed by atoms with E-state index >= 15 is 0 Å². The number of hydrogen-bond donors (Lipinski definition) is 1. The summed E-state index contributed by atoms with van der Waals surface area (Å²) in [7, 11) is 0. The highest BCUT2D eigenvalue weighted by atomic mass is 19.1. The van der Waals surface area contributed by atoms with Crippen LogP contribution in [0.3, 0.4) is 0 Å². The Kier molecular flexibility index (Phi) is 3.40. The largest absolute Gasteiger partial charge is 0.365 e. The van der Waals surface area contributed by atoms with Crippen LogP contribution in [-0.4, -0.2) is 12.6 Å². The first-order valence-electron chi connectivity index (χ1n) is 6.66. The average Bonchev–Trinajstić information content (AvgIpc) is 2.41. The van der Waals surface area contributed by atoms with Crippen molar-refractivity contribution in [3.8, 4) is 0 Å². The van der Waals surface area contributed by atoms with Gasteiger partial charge in [0.25, 0.3) is 0 Å². The molecule has 0 radical (unpaired) electrons. The monoisotopic (exact) mass is 274 g/mol. The summed E-state index contributed by atoms with van der Waals surface area (Å²) in [4.78, 5) is 2.06. The van der Waals surface area contributed by atoms with E-state index in [1.54, 1.807) is 0 Å². The van der Waals surface area contributed by atoms with E-state index in [0.29, 0.717) is 18.7 Å². The molecular formula is C16H16F2N2. The minimum Gasteiger partial charge on any atom is -0.365 e. The van der Waals surface area contributed by atoms with Crippen molar-refractivity contribution in [3.63, 3.8) is 0 Å². The Balaban J connectivity index is 1.91. The van der Waals surface area contributed by atoms with Crippen LogP contribution >= 0.6 is 0 Å². The molecule has 20 heavy (non-hydrogen) atoms. The first-order valence-corrected chi connectivity index (χ1v) is 6.66. The van der Waals surface area contributed by atoms with Crippen LogP contribution in [0.1, 0.15) is 11.1 Å². The van der Waals surface area contributed by atoms with E-state index in [4.69, 9.17) is 5.73 Å². The molecule has 2 aromatic carbocycles. The normalized spacial score (nSPS) is 17.9. The van der Waals surface area contributed by atoms with Crippen molar-refractivity contribution in [2.45, 2.75) is 19.0 Å². The zero-order valence-corrected chi connectivity index (χ0v) is 11.0. The van der Waals surface area contributed by atoms with E-state index < -0.39 is 11.6 Å². The third-order valence-electron chi connectivity index (χ3n) is 3.65. The van der Waals surface area contributed by atoms with E-state index in [2.05, 4.69) is 4.90 Å². The van der Waals surface area contributed by atoms with Crippen molar-refractivity contribution < 1.29 is 8.78 Å². The average molecular weight is 274 g/mol. The Morgan fingerprint density at radius 3 is 2.75 bits per heavy atom. The Hall–Kier alpha value is -1.94. The van der Waals surface area contributed by atoms with Crippen LogP contribution in [0.2, 0.25) is 0 Å². The number of para-hydroxylation sites is 1. The van der Waals surface area contributed by atoms with Gasteiger partial charge < -0.3 is 10.6 Å². The second-order valence-corrected chi connectivity index (χ2v) is 5.21. The zero-order valence-electron chi connectivity index (χ0n) is 11.0. The van der Waals surface area contributed by atoms with Crippen molar-refractivity contribution in [2.75, 3.05) is 11.4 Å². The molecule has 1 heterocycles. The van der Waals surface area contributed by atoms with E-state index in [9.17, 15) is 8.78 Å². The lowest BCUT2D eigenvalue weighted by atomic mass is 9.98. The van der Waals surface area contributed by atoms with Gasteiger partial charge in [-0.25, -0.2) is 8.78 Å². The number of nitrogens with zero attached hydrogens (tertiary/aromatic N) is 1. The zero-order chi connectivity index (χ0) is 14.1. The molecule has 0 aromatic heterocycles. The summed E-state index contributed by atoms with van der Waals surface area (Å²) >= 11 is 0. The van der Waals surface area contributed by atoms with Crippen molar-refractivity contribution >= 4 is 5.69 Å². The third kappa shape index (κ3) is 2.51. The lowest BCUT2D eigenvalue weighted by Crippen LogP contribution is -2.43. The molecule has 0 bridgehead atoms. The van der Waals surface area contributed by atoms with Crippen LogP contribution in [0, 0.1) is 11.6 Å². The SMILES string of the molecule is NC1Cc2ccccc2N(Cc2ccc(F)cc2F)C1. The molecule has 4 heteroatoms. The predicted molar refractivity (Wildman–Crippen MR) is 75.5 cm³/mol. The number of halogens is 2. The van der Waals surface area contributed by atoms with Gasteiger partial charge in [0.05, 0.1) is 0 Å². The summed E-state index contributed by atoms with van der Waals surface area (Å²) in [5.74, 6) is -1.07. The van der Waals surface area contributed by atoms with Crippen LogP contribution in [0.15, 0.2) is 42.5 Å². The highest BCUT2D eigenvalue weighted by Crippen LogP contribution is 2.28. The fourth-order valence-corrected chi connectivity index (χ4v) is 2.73. The molecule has 1 aliphatic rings. The van der Waals surface area contributed by atoms with Gasteiger partial charge in [0.2, 0.25) is 0 Å². The van der Waals surface area contributed by atoms with Crippen molar-refractivity contribution in [2.24, 2.45) is 5.73 Å². The van der Waals surface area contributed by atoms with E-state index in [0.717, 1.165) is 18.2 Å². The van der Waals surface area contributed by atoms with Gasteiger partial charge in [-0.15, -0.1) is 0 Å². The maximum absolute atomic E-state index is 13.8. The van der Waals surface area contributed by atoms with Gasteiger partial charge >= 0.3 is 0 Å². The third-order valence-corrected chi connectivity index (χ3v) is 3.65. The van der Waals surface area contributed by atoms with Gasteiger partial charge in [0, 0.05) is 36.4 Å². The van der Waals surface area contributed by atoms with Crippen LogP contribution in [0.5, 0.6) is 0 Å². The maximum atomic E-state index is 13.8. The highest BCUT2D eigenvalue weighted by molar-refractivity contribution is 5.56. The van der Waals surface area contributed by atoms with Crippen LogP contribution < -0.4 is 10.6 Å². The molecule has 0 amide bonds. The Bertz CT molecular complexity index is 628. The molecule has 2 aromatic rings. The summed E-state index contributed by atoms with van der Waals surface area (Å²) in [6, 6.07) is 11.7. The molecule has 0 saturated heterocycles. The minimum absolute atomic E-state index is 0.0356. The van der Waals surface area contributed by atoms with Crippen LogP contribution in [-0.2, 0) is 13.0 Å². The topological polar surface area (TPSA) is 29.3 Å². The van der Waals surface area contributed by atoms with Gasteiger partial charge in [-0.3, -0.25) is 0 Å². The number of anilines is 1. The summed E-state index contributed by atoms with van der Waals surface area (Å²) in [6.45, 7) is 1.07. The van der Waals surface area contributed by atoms with Gasteiger partial charge in [-0.1, -0.05) is 24.3 Å². The minimum atomic E-state index is -0.554. The summed E-state index contributed by atoms with van der Waals surface area (Å²) in [6.07, 6.45) is 0.832. The van der Waals surface area contributed by atoms with E-state index in [1.807, 2.05) is 24.3 Å². The van der Waals surface area contributed by atoms with Crippen LogP contribution in [0.4, 0.5) is 14.5 Å². The molecule has 1 atom stereocenters. The molecule has 2 nitrogen and oxygen atoms in total. The second-order valence-electron chi connectivity index (χ2n) is 5.21. The van der Waals surface area contributed by atoms with Gasteiger partial charge in [-0.2, -0.15) is 0 Å². The van der Waals surface area contributed by atoms with Crippen molar-refractivity contribution in [1.82, 2.24) is 0 Å². The number of benzene rings is 2. The molecule has 2 N–H and O–H groups in total. The number of hydrogen-bond acceptors (Lipinski definition) is 2. The van der Waals surface area contributed by atoms with Gasteiger partial charge in [0.1, 0.15) is 11.6 Å². The lowest BCUT2D eigenvalue weighted by molar-refractivity contribution is 0.556. The standard InChI is InChI=1S/C16H16F2N2/c17-13-6-5-12(15(18)8-13)9-20-10-14(19)7-11-3-1-2-4-16(11)20/h1-6,8,14H,7,9-10,19H2. The predicted octanol–water partition coefficient (Wildman–Crippen LogP) is 2.85. The van der Waals surface area contributed by atoms with Gasteiger partial charge in [-0.05, 0) is 24.1 Å². The van der Waals surface area contributed by atoms with E-state index in [-0.39, 0.29) is 6.04 Å². The highest BCUT2D eigenvalue weighted by Gasteiger charge is 2.22. The number of nitrogens with two attached hydrogens (primary N) is 1. The maximum Gasteiger partial charge on any atom is 0.131 e. The van der Waals surface area contributed by atoms with Crippen molar-refractivity contribution in [3.05, 3.63) is 65.2 Å². The van der Waals surface area contributed by atoms with E-state index in [1.165, 1.54) is 17.7 Å². The van der Waals surface area contributed by atoms with Gasteiger partial charge in [0.15, 0.2) is 0 Å². The Labute approximate surface area is 116 Å². The number of rotatable bonds is 2. The summed E-state index contributed by atoms with van der Waals surface area (Å²) in [5, 5.41) is 0. The van der Waals surface area contributed by atoms with Crippen LogP contribution in [0.25, 0.3) is 0 Å². The molecule has 0 fully saturated rings. The Morgan fingerprint density at radius 1 is 1.15 bits per heavy atom. The molecule has 0 saturated carbocycles. The first kappa shape index (κ1) is 13.1. The smallest absolute Gasteiger partial charge is 0.131 e.